The highest BCUT2D eigenvalue weighted by atomic mass is 14.9. The molecule has 0 saturated carbocycles. The molecule has 0 heterocycles. The number of hydrogen-bond donors (Lipinski definition) is 4. The van der Waals surface area contributed by atoms with Crippen LogP contribution < -0.4 is 21.3 Å². The molecule has 4 aromatic rings. The van der Waals surface area contributed by atoms with Gasteiger partial charge in [-0.05, 0) is 163 Å². The van der Waals surface area contributed by atoms with E-state index in [9.17, 15) is 0 Å². The topological polar surface area (TPSA) is 48.1 Å². The molecule has 50 heavy (non-hydrogen) atoms. The Morgan fingerprint density at radius 1 is 0.280 bits per heavy atom. The monoisotopic (exact) mass is 675 g/mol. The molecule has 0 atom stereocenters. The maximum Gasteiger partial charge on any atom is -0.000476 e. The molecule has 0 amide bonds. The van der Waals surface area contributed by atoms with E-state index in [0.29, 0.717) is 11.8 Å². The third-order valence-electron chi connectivity index (χ3n) is 9.94. The summed E-state index contributed by atoms with van der Waals surface area (Å²) in [6.07, 6.45) is 14.5. The van der Waals surface area contributed by atoms with Crippen LogP contribution in [0.5, 0.6) is 0 Å². The van der Waals surface area contributed by atoms with Gasteiger partial charge in [-0.25, -0.2) is 0 Å². The molecular weight excluding hydrogens is 609 g/mol. The van der Waals surface area contributed by atoms with Crippen molar-refractivity contribution in [3.05, 3.63) is 144 Å². The van der Waals surface area contributed by atoms with Gasteiger partial charge in [-0.1, -0.05) is 121 Å². The Morgan fingerprint density at radius 3 is 0.720 bits per heavy atom. The van der Waals surface area contributed by atoms with Gasteiger partial charge in [0.25, 0.3) is 0 Å². The summed E-state index contributed by atoms with van der Waals surface area (Å²) in [6.45, 7) is 8.63. The SMILES string of the molecule is c1ccc(CCCCNCC(CNCCCCc2ccccc2)C(CNCCCCc2ccccc2)CNCCCCc2ccccc2)cc1. The van der Waals surface area contributed by atoms with Crippen molar-refractivity contribution in [2.75, 3.05) is 52.4 Å². The van der Waals surface area contributed by atoms with Crippen molar-refractivity contribution < 1.29 is 0 Å². The van der Waals surface area contributed by atoms with Gasteiger partial charge in [0, 0.05) is 0 Å². The second-order valence-corrected chi connectivity index (χ2v) is 14.1. The lowest BCUT2D eigenvalue weighted by atomic mass is 9.91. The summed E-state index contributed by atoms with van der Waals surface area (Å²) in [6, 6.07) is 43.7. The summed E-state index contributed by atoms with van der Waals surface area (Å²) >= 11 is 0. The van der Waals surface area contributed by atoms with Crippen LogP contribution in [0.1, 0.15) is 73.6 Å². The molecule has 270 valence electrons. The third-order valence-corrected chi connectivity index (χ3v) is 9.94. The van der Waals surface area contributed by atoms with Crippen LogP contribution in [0, 0.1) is 11.8 Å². The zero-order chi connectivity index (χ0) is 34.6. The summed E-state index contributed by atoms with van der Waals surface area (Å²) in [5.74, 6) is 1.15. The first kappa shape index (κ1) is 39.5. The normalized spacial score (nSPS) is 11.5. The van der Waals surface area contributed by atoms with E-state index in [1.54, 1.807) is 0 Å². The van der Waals surface area contributed by atoms with Crippen molar-refractivity contribution in [3.8, 4) is 0 Å². The van der Waals surface area contributed by atoms with Crippen molar-refractivity contribution in [1.29, 1.82) is 0 Å². The van der Waals surface area contributed by atoms with E-state index in [1.807, 2.05) is 0 Å². The lowest BCUT2D eigenvalue weighted by Gasteiger charge is -2.29. The smallest absolute Gasteiger partial charge is 0.000476 e. The zero-order valence-electron chi connectivity index (χ0n) is 30.8. The number of hydrogen-bond acceptors (Lipinski definition) is 4. The lowest BCUT2D eigenvalue weighted by Crippen LogP contribution is -2.44. The van der Waals surface area contributed by atoms with Crippen LogP contribution >= 0.6 is 0 Å². The highest BCUT2D eigenvalue weighted by Gasteiger charge is 2.21. The van der Waals surface area contributed by atoms with Crippen LogP contribution in [0.2, 0.25) is 0 Å². The molecule has 4 nitrogen and oxygen atoms in total. The van der Waals surface area contributed by atoms with Gasteiger partial charge in [-0.2, -0.15) is 0 Å². The first-order valence-corrected chi connectivity index (χ1v) is 19.9. The number of benzene rings is 4. The highest BCUT2D eigenvalue weighted by molar-refractivity contribution is 5.16. The fourth-order valence-corrected chi connectivity index (χ4v) is 6.86. The molecule has 0 aromatic heterocycles. The molecule has 0 aliphatic heterocycles. The van der Waals surface area contributed by atoms with Crippen LogP contribution in [0.15, 0.2) is 121 Å². The van der Waals surface area contributed by atoms with Crippen molar-refractivity contribution >= 4 is 0 Å². The molecule has 4 N–H and O–H groups in total. The van der Waals surface area contributed by atoms with Crippen molar-refractivity contribution in [3.63, 3.8) is 0 Å². The molecule has 0 spiro atoms. The van der Waals surface area contributed by atoms with E-state index in [-0.39, 0.29) is 0 Å². The Hall–Kier alpha value is -3.28. The van der Waals surface area contributed by atoms with Gasteiger partial charge in [0.15, 0.2) is 0 Å². The zero-order valence-corrected chi connectivity index (χ0v) is 30.8. The van der Waals surface area contributed by atoms with E-state index in [0.717, 1.165) is 52.4 Å². The second-order valence-electron chi connectivity index (χ2n) is 14.1. The van der Waals surface area contributed by atoms with E-state index in [4.69, 9.17) is 0 Å². The second kappa shape index (κ2) is 26.5. The van der Waals surface area contributed by atoms with Crippen molar-refractivity contribution in [1.82, 2.24) is 21.3 Å². The quantitative estimate of drug-likeness (QED) is 0.0436. The van der Waals surface area contributed by atoms with Gasteiger partial charge in [0.1, 0.15) is 0 Å². The third kappa shape index (κ3) is 18.1. The average molecular weight is 675 g/mol. The summed E-state index contributed by atoms with van der Waals surface area (Å²) in [5, 5.41) is 15.6. The van der Waals surface area contributed by atoms with Crippen LogP contribution in [0.25, 0.3) is 0 Å². The number of nitrogens with one attached hydrogen (secondary N) is 4. The standard InChI is InChI=1S/C46H66N4/c1-5-21-41(22-6-1)29-13-17-33-47-37-45(38-48-34-18-14-30-42-23-7-2-8-24-42)46(39-49-35-19-15-31-43-25-9-3-10-26-43)40-50-36-20-16-32-44-27-11-4-12-28-44/h1-12,21-28,45-50H,13-20,29-40H2. The Bertz CT molecular complexity index is 1110. The molecule has 0 aliphatic rings. The van der Waals surface area contributed by atoms with Gasteiger partial charge in [0.2, 0.25) is 0 Å². The molecule has 0 aliphatic carbocycles. The van der Waals surface area contributed by atoms with Crippen molar-refractivity contribution in [2.24, 2.45) is 11.8 Å². The van der Waals surface area contributed by atoms with Gasteiger partial charge in [-0.3, -0.25) is 0 Å². The van der Waals surface area contributed by atoms with Gasteiger partial charge in [-0.15, -0.1) is 0 Å². The Morgan fingerprint density at radius 2 is 0.500 bits per heavy atom. The maximum atomic E-state index is 3.89. The van der Waals surface area contributed by atoms with Gasteiger partial charge in [0.05, 0.1) is 0 Å². The Kier molecular flexibility index (Phi) is 21.0. The minimum Gasteiger partial charge on any atom is -0.316 e. The van der Waals surface area contributed by atoms with Gasteiger partial charge < -0.3 is 21.3 Å². The molecule has 4 heteroatoms. The minimum absolute atomic E-state index is 0.576. The summed E-state index contributed by atoms with van der Waals surface area (Å²) < 4.78 is 0. The fraction of sp³-hybridized carbons (Fsp3) is 0.478. The largest absolute Gasteiger partial charge is 0.316 e. The molecular formula is C46H66N4. The van der Waals surface area contributed by atoms with E-state index < -0.39 is 0 Å². The molecule has 0 radical (unpaired) electrons. The summed E-state index contributed by atoms with van der Waals surface area (Å²) in [7, 11) is 0. The van der Waals surface area contributed by atoms with Crippen LogP contribution in [0.3, 0.4) is 0 Å². The Balaban J connectivity index is 1.24. The van der Waals surface area contributed by atoms with Gasteiger partial charge >= 0.3 is 0 Å². The number of unbranched alkanes of at least 4 members (excludes halogenated alkanes) is 4. The van der Waals surface area contributed by atoms with E-state index in [2.05, 4.69) is 143 Å². The first-order chi connectivity index (χ1) is 24.9. The average Bonchev–Trinajstić information content (AvgIpc) is 3.17. The number of aryl methyl sites for hydroxylation is 4. The summed E-state index contributed by atoms with van der Waals surface area (Å²) in [4.78, 5) is 0. The first-order valence-electron chi connectivity index (χ1n) is 19.9. The lowest BCUT2D eigenvalue weighted by molar-refractivity contribution is 0.281. The predicted molar refractivity (Wildman–Crippen MR) is 216 cm³/mol. The predicted octanol–water partition coefficient (Wildman–Crippen LogP) is 8.67. The molecule has 0 bridgehead atoms. The highest BCUT2D eigenvalue weighted by Crippen LogP contribution is 2.13. The minimum atomic E-state index is 0.576. The van der Waals surface area contributed by atoms with E-state index >= 15 is 0 Å². The van der Waals surface area contributed by atoms with Crippen LogP contribution in [-0.4, -0.2) is 52.4 Å². The fourth-order valence-electron chi connectivity index (χ4n) is 6.86. The Labute approximate surface area is 305 Å². The van der Waals surface area contributed by atoms with E-state index in [1.165, 1.54) is 99.3 Å². The molecule has 0 saturated heterocycles. The summed E-state index contributed by atoms with van der Waals surface area (Å²) in [5.41, 5.74) is 5.80. The molecule has 4 aromatic carbocycles. The van der Waals surface area contributed by atoms with Crippen molar-refractivity contribution in [2.45, 2.75) is 77.0 Å². The molecule has 0 fully saturated rings. The molecule has 4 rings (SSSR count). The van der Waals surface area contributed by atoms with Crippen LogP contribution in [0.4, 0.5) is 0 Å². The number of rotatable bonds is 29. The maximum absolute atomic E-state index is 3.89. The van der Waals surface area contributed by atoms with Crippen LogP contribution in [-0.2, 0) is 25.7 Å². The molecule has 0 unspecified atom stereocenters.